The number of rotatable bonds is 7. The van der Waals surface area contributed by atoms with Crippen molar-refractivity contribution >= 4 is 38.6 Å². The van der Waals surface area contributed by atoms with Crippen LogP contribution in [-0.4, -0.2) is 36.6 Å². The van der Waals surface area contributed by atoms with Crippen molar-refractivity contribution in [2.75, 3.05) is 18.4 Å². The SMILES string of the molecule is CCN(CC)S(=O)(=O)c1csc(C(=O)Nc2ccccc2[N+](=O)[O-])c1. The zero-order valence-electron chi connectivity index (χ0n) is 13.6. The van der Waals surface area contributed by atoms with Crippen molar-refractivity contribution in [3.05, 3.63) is 50.7 Å². The molecule has 2 rings (SSSR count). The van der Waals surface area contributed by atoms with E-state index in [1.54, 1.807) is 19.9 Å². The second-order valence-electron chi connectivity index (χ2n) is 4.96. The Kier molecular flexibility index (Phi) is 5.88. The number of benzene rings is 1. The van der Waals surface area contributed by atoms with Crippen molar-refractivity contribution in [2.24, 2.45) is 0 Å². The standard InChI is InChI=1S/C15H17N3O5S2/c1-3-17(4-2)25(22,23)11-9-14(24-10-11)15(19)16-12-7-5-6-8-13(12)18(20)21/h5-10H,3-4H2,1-2H3,(H,16,19). The molecule has 25 heavy (non-hydrogen) atoms. The lowest BCUT2D eigenvalue weighted by molar-refractivity contribution is -0.383. The number of nitro benzene ring substituents is 1. The molecule has 0 fully saturated rings. The summed E-state index contributed by atoms with van der Waals surface area (Å²) >= 11 is 0.969. The number of para-hydroxylation sites is 2. The van der Waals surface area contributed by atoms with Crippen molar-refractivity contribution in [2.45, 2.75) is 18.7 Å². The highest BCUT2D eigenvalue weighted by atomic mass is 32.2. The van der Waals surface area contributed by atoms with E-state index in [2.05, 4.69) is 5.32 Å². The van der Waals surface area contributed by atoms with Crippen LogP contribution in [0.1, 0.15) is 23.5 Å². The molecule has 1 amide bonds. The van der Waals surface area contributed by atoms with Crippen LogP contribution in [0.15, 0.2) is 40.6 Å². The number of amides is 1. The molecule has 0 bridgehead atoms. The lowest BCUT2D eigenvalue weighted by Crippen LogP contribution is -2.30. The molecule has 0 unspecified atom stereocenters. The van der Waals surface area contributed by atoms with Gasteiger partial charge in [0, 0.05) is 24.5 Å². The average Bonchev–Trinajstić information content (AvgIpc) is 3.07. The number of carbonyl (C=O) groups is 1. The van der Waals surface area contributed by atoms with E-state index in [0.717, 1.165) is 11.3 Å². The smallest absolute Gasteiger partial charge is 0.292 e. The maximum atomic E-state index is 12.4. The van der Waals surface area contributed by atoms with Crippen LogP contribution in [0.5, 0.6) is 0 Å². The van der Waals surface area contributed by atoms with E-state index in [9.17, 15) is 23.3 Å². The van der Waals surface area contributed by atoms with Gasteiger partial charge in [0.05, 0.1) is 14.7 Å². The zero-order chi connectivity index (χ0) is 18.6. The van der Waals surface area contributed by atoms with Gasteiger partial charge in [-0.05, 0) is 12.1 Å². The van der Waals surface area contributed by atoms with Crippen molar-refractivity contribution in [1.82, 2.24) is 4.31 Å². The predicted molar refractivity (Wildman–Crippen MR) is 95.5 cm³/mol. The number of anilines is 1. The minimum atomic E-state index is -3.65. The Hall–Kier alpha value is -2.30. The predicted octanol–water partition coefficient (Wildman–Crippen LogP) is 2.94. The Bertz CT molecular complexity index is 888. The summed E-state index contributed by atoms with van der Waals surface area (Å²) in [5.41, 5.74) is -0.178. The molecule has 8 nitrogen and oxygen atoms in total. The number of nitrogens with zero attached hydrogens (tertiary/aromatic N) is 2. The first-order valence-corrected chi connectivity index (χ1v) is 9.76. The first kappa shape index (κ1) is 19.0. The fraction of sp³-hybridized carbons (Fsp3) is 0.267. The summed E-state index contributed by atoms with van der Waals surface area (Å²) < 4.78 is 26.2. The molecule has 0 spiro atoms. The molecule has 1 aromatic carbocycles. The molecule has 134 valence electrons. The lowest BCUT2D eigenvalue weighted by atomic mass is 10.2. The molecular weight excluding hydrogens is 366 g/mol. The van der Waals surface area contributed by atoms with Gasteiger partial charge < -0.3 is 5.32 Å². The summed E-state index contributed by atoms with van der Waals surface area (Å²) in [7, 11) is -3.65. The molecule has 1 heterocycles. The molecule has 2 aromatic rings. The summed E-state index contributed by atoms with van der Waals surface area (Å²) in [4.78, 5) is 22.9. The first-order chi connectivity index (χ1) is 11.8. The fourth-order valence-corrected chi connectivity index (χ4v) is 4.82. The number of sulfonamides is 1. The number of hydrogen-bond donors (Lipinski definition) is 1. The average molecular weight is 383 g/mol. The van der Waals surface area contributed by atoms with Crippen molar-refractivity contribution in [3.63, 3.8) is 0 Å². The maximum absolute atomic E-state index is 12.4. The van der Waals surface area contributed by atoms with Gasteiger partial charge in [0.2, 0.25) is 10.0 Å². The van der Waals surface area contributed by atoms with E-state index in [0.29, 0.717) is 13.1 Å². The Morgan fingerprint density at radius 1 is 1.28 bits per heavy atom. The van der Waals surface area contributed by atoms with Crippen LogP contribution >= 0.6 is 11.3 Å². The molecule has 1 N–H and O–H groups in total. The number of nitrogens with one attached hydrogen (secondary N) is 1. The zero-order valence-corrected chi connectivity index (χ0v) is 15.3. The lowest BCUT2D eigenvalue weighted by Gasteiger charge is -2.17. The number of carbonyl (C=O) groups excluding carboxylic acids is 1. The number of thiophene rings is 1. The van der Waals surface area contributed by atoms with E-state index in [1.807, 2.05) is 0 Å². The monoisotopic (exact) mass is 383 g/mol. The highest BCUT2D eigenvalue weighted by Gasteiger charge is 2.25. The summed E-state index contributed by atoms with van der Waals surface area (Å²) in [6.45, 7) is 4.12. The highest BCUT2D eigenvalue weighted by molar-refractivity contribution is 7.89. The minimum absolute atomic E-state index is 0.0360. The van der Waals surface area contributed by atoms with E-state index in [-0.39, 0.29) is 21.1 Å². The van der Waals surface area contributed by atoms with Gasteiger partial charge >= 0.3 is 0 Å². The third kappa shape index (κ3) is 4.03. The van der Waals surface area contributed by atoms with Gasteiger partial charge in [-0.2, -0.15) is 4.31 Å². The molecule has 0 saturated heterocycles. The van der Waals surface area contributed by atoms with E-state index < -0.39 is 20.9 Å². The van der Waals surface area contributed by atoms with Crippen LogP contribution in [0.3, 0.4) is 0 Å². The molecule has 1 aromatic heterocycles. The topological polar surface area (TPSA) is 110 Å². The van der Waals surface area contributed by atoms with E-state index in [1.165, 1.54) is 34.0 Å². The third-order valence-electron chi connectivity index (χ3n) is 3.49. The summed E-state index contributed by atoms with van der Waals surface area (Å²) in [5, 5.41) is 14.8. The molecule has 0 radical (unpaired) electrons. The van der Waals surface area contributed by atoms with E-state index in [4.69, 9.17) is 0 Å². The van der Waals surface area contributed by atoms with Crippen molar-refractivity contribution in [3.8, 4) is 0 Å². The van der Waals surface area contributed by atoms with Crippen molar-refractivity contribution < 1.29 is 18.1 Å². The van der Waals surface area contributed by atoms with Gasteiger partial charge in [0.25, 0.3) is 11.6 Å². The van der Waals surface area contributed by atoms with Crippen LogP contribution in [-0.2, 0) is 10.0 Å². The molecule has 0 saturated carbocycles. The van der Waals surface area contributed by atoms with Crippen LogP contribution in [0.25, 0.3) is 0 Å². The normalized spacial score (nSPS) is 11.5. The van der Waals surface area contributed by atoms with Gasteiger partial charge in [0.15, 0.2) is 0 Å². The first-order valence-electron chi connectivity index (χ1n) is 7.44. The fourth-order valence-electron chi connectivity index (χ4n) is 2.21. The van der Waals surface area contributed by atoms with Gasteiger partial charge in [-0.3, -0.25) is 14.9 Å². The largest absolute Gasteiger partial charge is 0.316 e. The molecule has 0 aliphatic carbocycles. The van der Waals surface area contributed by atoms with Crippen LogP contribution in [0.2, 0.25) is 0 Å². The van der Waals surface area contributed by atoms with Crippen LogP contribution < -0.4 is 5.32 Å². The minimum Gasteiger partial charge on any atom is -0.316 e. The quantitative estimate of drug-likeness (QED) is 0.584. The van der Waals surface area contributed by atoms with Crippen LogP contribution in [0.4, 0.5) is 11.4 Å². The van der Waals surface area contributed by atoms with Crippen molar-refractivity contribution in [1.29, 1.82) is 0 Å². The highest BCUT2D eigenvalue weighted by Crippen LogP contribution is 2.26. The third-order valence-corrected chi connectivity index (χ3v) is 6.60. The molecule has 0 aliphatic rings. The van der Waals surface area contributed by atoms with Crippen LogP contribution in [0, 0.1) is 10.1 Å². The molecular formula is C15H17N3O5S2. The Labute approximate surface area is 149 Å². The molecule has 0 atom stereocenters. The Morgan fingerprint density at radius 3 is 2.52 bits per heavy atom. The van der Waals surface area contributed by atoms with Gasteiger partial charge in [-0.15, -0.1) is 11.3 Å². The molecule has 10 heteroatoms. The van der Waals surface area contributed by atoms with Gasteiger partial charge in [-0.1, -0.05) is 26.0 Å². The summed E-state index contributed by atoms with van der Waals surface area (Å²) in [5.74, 6) is -0.597. The summed E-state index contributed by atoms with van der Waals surface area (Å²) in [6, 6.07) is 7.03. The maximum Gasteiger partial charge on any atom is 0.292 e. The number of hydrogen-bond acceptors (Lipinski definition) is 6. The van der Waals surface area contributed by atoms with E-state index >= 15 is 0 Å². The molecule has 0 aliphatic heterocycles. The Morgan fingerprint density at radius 2 is 1.92 bits per heavy atom. The van der Waals surface area contributed by atoms with Gasteiger partial charge in [0.1, 0.15) is 5.69 Å². The Balaban J connectivity index is 2.26. The summed E-state index contributed by atoms with van der Waals surface area (Å²) in [6.07, 6.45) is 0. The van der Waals surface area contributed by atoms with Gasteiger partial charge in [-0.25, -0.2) is 8.42 Å². The second-order valence-corrected chi connectivity index (χ2v) is 7.81. The number of nitro groups is 1. The second kappa shape index (κ2) is 7.72.